The molecule has 0 atom stereocenters. The highest BCUT2D eigenvalue weighted by molar-refractivity contribution is 6.09. The van der Waals surface area contributed by atoms with Gasteiger partial charge in [-0.15, -0.1) is 0 Å². The number of carbonyl (C=O) groups excluding carboxylic acids is 1. The van der Waals surface area contributed by atoms with E-state index in [1.807, 2.05) is 6.07 Å². The Labute approximate surface area is 217 Å². The molecule has 5 N–H and O–H groups in total. The molecule has 0 radical (unpaired) electrons. The smallest absolute Gasteiger partial charge is 0.261 e. The lowest BCUT2D eigenvalue weighted by molar-refractivity contribution is 0.0976. The average molecular weight is 513 g/mol. The minimum Gasteiger partial charge on any atom is -0.508 e. The molecule has 0 unspecified atom stereocenters. The lowest BCUT2D eigenvalue weighted by Gasteiger charge is -2.31. The van der Waals surface area contributed by atoms with Crippen LogP contribution in [-0.2, 0) is 13.0 Å². The molecule has 6 rings (SSSR count). The fourth-order valence-corrected chi connectivity index (χ4v) is 4.92. The molecule has 192 valence electrons. The number of benzene rings is 3. The zero-order valence-corrected chi connectivity index (χ0v) is 20.4. The van der Waals surface area contributed by atoms with Crippen molar-refractivity contribution in [3.8, 4) is 17.1 Å². The molecule has 4 aromatic rings. The van der Waals surface area contributed by atoms with Gasteiger partial charge in [0.25, 0.3) is 5.91 Å². The number of nitrogens with two attached hydrogens (primary N) is 1. The Morgan fingerprint density at radius 2 is 1.87 bits per heavy atom. The number of hydrogen-bond donors (Lipinski definition) is 4. The molecular weight excluding hydrogens is 487 g/mol. The molecule has 1 fully saturated rings. The van der Waals surface area contributed by atoms with Crippen molar-refractivity contribution < 1.29 is 19.4 Å². The molecule has 0 bridgehead atoms. The molecule has 0 saturated heterocycles. The van der Waals surface area contributed by atoms with E-state index in [0.29, 0.717) is 41.4 Å². The highest BCUT2D eigenvalue weighted by Crippen LogP contribution is 2.42. The summed E-state index contributed by atoms with van der Waals surface area (Å²) in [6.45, 7) is -0.0552. The van der Waals surface area contributed by atoms with Crippen LogP contribution >= 0.6 is 0 Å². The van der Waals surface area contributed by atoms with Gasteiger partial charge in [-0.2, -0.15) is 15.0 Å². The zero-order chi connectivity index (χ0) is 26.4. The molecule has 1 aromatic heterocycles. The Morgan fingerprint density at radius 1 is 1.08 bits per heavy atom. The summed E-state index contributed by atoms with van der Waals surface area (Å²) in [5.74, 6) is -0.101. The fourth-order valence-electron chi connectivity index (χ4n) is 4.92. The SMILES string of the molecule is Nc1nc(Nc2ccc(O)cc2)nc(-c2cccc(N3CCc4cc(C5CC5)cc(F)c4C3=O)c2CO)n1. The van der Waals surface area contributed by atoms with Crippen LogP contribution in [0.1, 0.15) is 45.8 Å². The summed E-state index contributed by atoms with van der Waals surface area (Å²) in [7, 11) is 0. The summed E-state index contributed by atoms with van der Waals surface area (Å²) in [6, 6.07) is 15.0. The number of phenols is 1. The second-order valence-corrected chi connectivity index (χ2v) is 9.49. The predicted octanol–water partition coefficient (Wildman–Crippen LogP) is 4.28. The first-order chi connectivity index (χ1) is 18.4. The second-order valence-electron chi connectivity index (χ2n) is 9.49. The molecule has 1 amide bonds. The van der Waals surface area contributed by atoms with E-state index in [1.165, 1.54) is 23.1 Å². The summed E-state index contributed by atoms with van der Waals surface area (Å²) < 4.78 is 15.1. The summed E-state index contributed by atoms with van der Waals surface area (Å²) in [4.78, 5) is 27.9. The van der Waals surface area contributed by atoms with Crippen molar-refractivity contribution in [3.05, 3.63) is 82.7 Å². The van der Waals surface area contributed by atoms with Crippen molar-refractivity contribution in [2.24, 2.45) is 0 Å². The highest BCUT2D eigenvalue weighted by atomic mass is 19.1. The van der Waals surface area contributed by atoms with Gasteiger partial charge in [0, 0.05) is 23.4 Å². The molecule has 2 heterocycles. The van der Waals surface area contributed by atoms with Crippen LogP contribution in [0.15, 0.2) is 54.6 Å². The van der Waals surface area contributed by atoms with Crippen LogP contribution in [-0.4, -0.2) is 37.6 Å². The number of anilines is 4. The van der Waals surface area contributed by atoms with Crippen LogP contribution in [0.3, 0.4) is 0 Å². The quantitative estimate of drug-likeness (QED) is 0.281. The molecular formula is C28H25FN6O3. The first kappa shape index (κ1) is 23.8. The lowest BCUT2D eigenvalue weighted by atomic mass is 9.93. The molecule has 38 heavy (non-hydrogen) atoms. The van der Waals surface area contributed by atoms with E-state index in [1.54, 1.807) is 30.3 Å². The molecule has 1 aliphatic carbocycles. The summed E-state index contributed by atoms with van der Waals surface area (Å²) in [6.07, 6.45) is 2.62. The summed E-state index contributed by atoms with van der Waals surface area (Å²) in [5, 5.41) is 22.9. The number of phenolic OH excluding ortho intramolecular Hbond substituents is 1. The number of nitrogens with one attached hydrogen (secondary N) is 1. The number of nitrogen functional groups attached to an aromatic ring is 1. The molecule has 2 aliphatic rings. The summed E-state index contributed by atoms with van der Waals surface area (Å²) >= 11 is 0. The van der Waals surface area contributed by atoms with Crippen molar-refractivity contribution in [2.45, 2.75) is 31.8 Å². The maximum atomic E-state index is 15.1. The van der Waals surface area contributed by atoms with E-state index < -0.39 is 18.3 Å². The van der Waals surface area contributed by atoms with Crippen LogP contribution in [0, 0.1) is 5.82 Å². The fraction of sp³-hybridized carbons (Fsp3) is 0.214. The Morgan fingerprint density at radius 3 is 2.61 bits per heavy atom. The average Bonchev–Trinajstić information content (AvgIpc) is 3.75. The number of aliphatic hydroxyl groups excluding tert-OH is 1. The van der Waals surface area contributed by atoms with Crippen molar-refractivity contribution in [1.82, 2.24) is 15.0 Å². The minimum atomic E-state index is -0.504. The first-order valence-corrected chi connectivity index (χ1v) is 12.4. The third kappa shape index (κ3) is 4.39. The van der Waals surface area contributed by atoms with E-state index >= 15 is 4.39 Å². The normalized spacial score (nSPS) is 14.9. The van der Waals surface area contributed by atoms with Gasteiger partial charge in [0.05, 0.1) is 17.9 Å². The number of amides is 1. The second kappa shape index (κ2) is 9.38. The number of nitrogens with zero attached hydrogens (tertiary/aromatic N) is 4. The van der Waals surface area contributed by atoms with Gasteiger partial charge in [0.15, 0.2) is 5.82 Å². The van der Waals surface area contributed by atoms with Crippen molar-refractivity contribution >= 4 is 29.2 Å². The lowest BCUT2D eigenvalue weighted by Crippen LogP contribution is -2.39. The highest BCUT2D eigenvalue weighted by Gasteiger charge is 2.33. The number of aliphatic hydroxyl groups is 1. The summed E-state index contributed by atoms with van der Waals surface area (Å²) in [5.41, 5.74) is 9.71. The first-order valence-electron chi connectivity index (χ1n) is 12.4. The molecule has 1 saturated carbocycles. The molecule has 10 heteroatoms. The van der Waals surface area contributed by atoms with Crippen LogP contribution in [0.2, 0.25) is 0 Å². The third-order valence-corrected chi connectivity index (χ3v) is 6.92. The van der Waals surface area contributed by atoms with Gasteiger partial charge in [0.2, 0.25) is 11.9 Å². The van der Waals surface area contributed by atoms with E-state index in [4.69, 9.17) is 5.73 Å². The maximum Gasteiger partial charge on any atom is 0.261 e. The van der Waals surface area contributed by atoms with Crippen molar-refractivity contribution in [2.75, 3.05) is 22.5 Å². The van der Waals surface area contributed by atoms with Gasteiger partial charge < -0.3 is 26.2 Å². The number of aromatic hydroxyl groups is 1. The topological polar surface area (TPSA) is 137 Å². The van der Waals surface area contributed by atoms with Crippen molar-refractivity contribution in [1.29, 1.82) is 0 Å². The van der Waals surface area contributed by atoms with Gasteiger partial charge in [-0.05, 0) is 72.7 Å². The number of carbonyl (C=O) groups is 1. The Bertz CT molecular complexity index is 1560. The van der Waals surface area contributed by atoms with Gasteiger partial charge in [-0.25, -0.2) is 4.39 Å². The number of hydrogen-bond acceptors (Lipinski definition) is 8. The van der Waals surface area contributed by atoms with Crippen LogP contribution in [0.5, 0.6) is 5.75 Å². The Kier molecular flexibility index (Phi) is 5.88. The van der Waals surface area contributed by atoms with Gasteiger partial charge in [-0.1, -0.05) is 18.2 Å². The minimum absolute atomic E-state index is 0.0397. The monoisotopic (exact) mass is 512 g/mol. The largest absolute Gasteiger partial charge is 0.508 e. The number of halogens is 1. The number of aromatic nitrogens is 3. The maximum absolute atomic E-state index is 15.1. The molecule has 9 nitrogen and oxygen atoms in total. The standard InChI is InChI=1S/C28H25FN6O3/c29-22-13-17(15-4-5-15)12-16-10-11-35(26(38)24(16)22)23-3-1-2-20(21(23)14-36)25-32-27(30)34-28(33-25)31-18-6-8-19(37)9-7-18/h1-3,6-9,12-13,15,36-37H,4-5,10-11,14H2,(H3,30,31,32,33,34). The van der Waals surface area contributed by atoms with E-state index in [-0.39, 0.29) is 29.0 Å². The number of rotatable bonds is 6. The third-order valence-electron chi connectivity index (χ3n) is 6.92. The zero-order valence-electron chi connectivity index (χ0n) is 20.4. The molecule has 0 spiro atoms. The van der Waals surface area contributed by atoms with Gasteiger partial charge in [0.1, 0.15) is 11.6 Å². The molecule has 3 aromatic carbocycles. The van der Waals surface area contributed by atoms with Crippen LogP contribution in [0.25, 0.3) is 11.4 Å². The van der Waals surface area contributed by atoms with E-state index in [0.717, 1.165) is 24.0 Å². The predicted molar refractivity (Wildman–Crippen MR) is 141 cm³/mol. The van der Waals surface area contributed by atoms with Crippen LogP contribution < -0.4 is 16.0 Å². The Hall–Kier alpha value is -4.57. The van der Waals surface area contributed by atoms with Crippen LogP contribution in [0.4, 0.5) is 27.7 Å². The Balaban J connectivity index is 1.36. The molecule has 1 aliphatic heterocycles. The van der Waals surface area contributed by atoms with Gasteiger partial charge >= 0.3 is 0 Å². The number of fused-ring (bicyclic) bond motifs is 1. The van der Waals surface area contributed by atoms with E-state index in [9.17, 15) is 15.0 Å². The van der Waals surface area contributed by atoms with Crippen molar-refractivity contribution in [3.63, 3.8) is 0 Å². The van der Waals surface area contributed by atoms with E-state index in [2.05, 4.69) is 20.3 Å². The van der Waals surface area contributed by atoms with Gasteiger partial charge in [-0.3, -0.25) is 4.79 Å².